The van der Waals surface area contributed by atoms with Crippen LogP contribution in [0.5, 0.6) is 0 Å². The van der Waals surface area contributed by atoms with Crippen molar-refractivity contribution in [2.45, 2.75) is 58.5 Å². The van der Waals surface area contributed by atoms with Crippen LogP contribution in [0.15, 0.2) is 24.3 Å². The molecule has 0 saturated heterocycles. The molecule has 0 spiro atoms. The smallest absolute Gasteiger partial charge is 0.407 e. The highest BCUT2D eigenvalue weighted by Gasteiger charge is 2.15. The molecule has 0 aliphatic carbocycles. The maximum atomic E-state index is 11.9. The third-order valence-electron chi connectivity index (χ3n) is 3.87. The number of imidazole rings is 1. The average Bonchev–Trinajstić information content (AvgIpc) is 2.99. The third kappa shape index (κ3) is 8.11. The van der Waals surface area contributed by atoms with E-state index in [0.29, 0.717) is 25.9 Å². The molecule has 2 rings (SSSR count). The van der Waals surface area contributed by atoms with E-state index in [1.165, 1.54) is 0 Å². The summed E-state index contributed by atoms with van der Waals surface area (Å²) < 4.78 is 5.16. The van der Waals surface area contributed by atoms with Gasteiger partial charge < -0.3 is 20.4 Å². The molecule has 7 heteroatoms. The van der Waals surface area contributed by atoms with Crippen molar-refractivity contribution < 1.29 is 14.3 Å². The molecule has 0 fully saturated rings. The number of para-hydroxylation sites is 2. The summed E-state index contributed by atoms with van der Waals surface area (Å²) in [5.74, 6) is 0.927. The maximum Gasteiger partial charge on any atom is 0.407 e. The zero-order valence-corrected chi connectivity index (χ0v) is 16.4. The number of hydrogen-bond acceptors (Lipinski definition) is 4. The average molecular weight is 374 g/mol. The van der Waals surface area contributed by atoms with Gasteiger partial charge in [0.2, 0.25) is 5.91 Å². The summed E-state index contributed by atoms with van der Waals surface area (Å²) in [7, 11) is 0. The number of benzene rings is 1. The van der Waals surface area contributed by atoms with Crippen molar-refractivity contribution in [1.29, 1.82) is 0 Å². The number of rotatable bonds is 9. The van der Waals surface area contributed by atoms with Gasteiger partial charge in [-0.2, -0.15) is 0 Å². The first kappa shape index (κ1) is 20.7. The van der Waals surface area contributed by atoms with Crippen molar-refractivity contribution in [2.75, 3.05) is 13.1 Å². The van der Waals surface area contributed by atoms with Gasteiger partial charge in [0, 0.05) is 25.9 Å². The zero-order valence-electron chi connectivity index (χ0n) is 16.4. The Kier molecular flexibility index (Phi) is 7.64. The Bertz CT molecular complexity index is 716. The van der Waals surface area contributed by atoms with Crippen LogP contribution >= 0.6 is 0 Å². The maximum absolute atomic E-state index is 11.9. The van der Waals surface area contributed by atoms with Gasteiger partial charge in [-0.3, -0.25) is 4.79 Å². The van der Waals surface area contributed by atoms with Crippen LogP contribution in [0.3, 0.4) is 0 Å². The van der Waals surface area contributed by atoms with Crippen LogP contribution in [-0.4, -0.2) is 40.7 Å². The number of aromatic amines is 1. The van der Waals surface area contributed by atoms with Crippen molar-refractivity contribution in [1.82, 2.24) is 20.6 Å². The van der Waals surface area contributed by atoms with Gasteiger partial charge in [-0.15, -0.1) is 0 Å². The van der Waals surface area contributed by atoms with Gasteiger partial charge in [0.1, 0.15) is 11.4 Å². The molecule has 0 aliphatic rings. The van der Waals surface area contributed by atoms with Crippen LogP contribution < -0.4 is 10.6 Å². The quantitative estimate of drug-likeness (QED) is 0.587. The number of amides is 2. The Morgan fingerprint density at radius 2 is 1.85 bits per heavy atom. The fraction of sp³-hybridized carbons (Fsp3) is 0.550. The van der Waals surface area contributed by atoms with Crippen molar-refractivity contribution in [2.24, 2.45) is 0 Å². The van der Waals surface area contributed by atoms with E-state index in [0.717, 1.165) is 36.1 Å². The molecule has 148 valence electrons. The largest absolute Gasteiger partial charge is 0.444 e. The molecule has 1 aromatic carbocycles. The van der Waals surface area contributed by atoms with Crippen LogP contribution in [0.25, 0.3) is 11.0 Å². The van der Waals surface area contributed by atoms with E-state index in [2.05, 4.69) is 20.6 Å². The van der Waals surface area contributed by atoms with E-state index in [4.69, 9.17) is 4.74 Å². The number of unbranched alkanes of at least 4 members (excludes halogenated alkanes) is 2. The number of nitrogens with one attached hydrogen (secondary N) is 3. The molecule has 0 radical (unpaired) electrons. The number of carbonyl (C=O) groups excluding carboxylic acids is 2. The van der Waals surface area contributed by atoms with Crippen molar-refractivity contribution in [3.63, 3.8) is 0 Å². The van der Waals surface area contributed by atoms with Gasteiger partial charge >= 0.3 is 6.09 Å². The standard InChI is InChI=1S/C20H30N4O3/c1-20(2,3)27-19(26)22-13-8-4-5-11-18(25)21-14-12-17-23-15-9-6-7-10-16(15)24-17/h6-7,9-10H,4-5,8,11-14H2,1-3H3,(H,21,25)(H,22,26)(H,23,24). The summed E-state index contributed by atoms with van der Waals surface area (Å²) in [6, 6.07) is 7.88. The van der Waals surface area contributed by atoms with Gasteiger partial charge in [-0.25, -0.2) is 9.78 Å². The number of H-pyrrole nitrogens is 1. The predicted octanol–water partition coefficient (Wildman–Crippen LogP) is 3.31. The number of ether oxygens (including phenoxy) is 1. The van der Waals surface area contributed by atoms with Crippen LogP contribution in [0, 0.1) is 0 Å². The highest BCUT2D eigenvalue weighted by atomic mass is 16.6. The first-order chi connectivity index (χ1) is 12.8. The Hall–Kier alpha value is -2.57. The zero-order chi connectivity index (χ0) is 19.7. The fourth-order valence-electron chi connectivity index (χ4n) is 2.62. The lowest BCUT2D eigenvalue weighted by molar-refractivity contribution is -0.121. The topological polar surface area (TPSA) is 96.1 Å². The molecular weight excluding hydrogens is 344 g/mol. The van der Waals surface area contributed by atoms with E-state index in [1.807, 2.05) is 45.0 Å². The summed E-state index contributed by atoms with van der Waals surface area (Å²) in [4.78, 5) is 31.1. The van der Waals surface area contributed by atoms with Crippen LogP contribution in [0.2, 0.25) is 0 Å². The Balaban J connectivity index is 1.50. The molecule has 0 aliphatic heterocycles. The second-order valence-electron chi connectivity index (χ2n) is 7.54. The monoisotopic (exact) mass is 374 g/mol. The molecule has 2 amide bonds. The second kappa shape index (κ2) is 9.94. The number of fused-ring (bicyclic) bond motifs is 1. The summed E-state index contributed by atoms with van der Waals surface area (Å²) in [5, 5.41) is 5.64. The van der Waals surface area contributed by atoms with Gasteiger partial charge in [-0.05, 0) is 45.7 Å². The highest BCUT2D eigenvalue weighted by Crippen LogP contribution is 2.10. The molecule has 2 aromatic rings. The molecule has 1 aromatic heterocycles. The molecule has 0 saturated carbocycles. The van der Waals surface area contributed by atoms with E-state index >= 15 is 0 Å². The molecule has 1 heterocycles. The van der Waals surface area contributed by atoms with Crippen LogP contribution in [0.1, 0.15) is 52.3 Å². The molecule has 3 N–H and O–H groups in total. The van der Waals surface area contributed by atoms with Gasteiger partial charge in [0.15, 0.2) is 0 Å². The first-order valence-electron chi connectivity index (χ1n) is 9.51. The minimum atomic E-state index is -0.482. The second-order valence-corrected chi connectivity index (χ2v) is 7.54. The SMILES string of the molecule is CC(C)(C)OC(=O)NCCCCCC(=O)NCCc1nc2ccccc2[nH]1. The first-order valence-corrected chi connectivity index (χ1v) is 9.51. The van der Waals surface area contributed by atoms with Crippen molar-refractivity contribution in [3.8, 4) is 0 Å². The number of alkyl carbamates (subject to hydrolysis) is 1. The van der Waals surface area contributed by atoms with E-state index in [-0.39, 0.29) is 5.91 Å². The summed E-state index contributed by atoms with van der Waals surface area (Å²) in [6.07, 6.45) is 3.28. The van der Waals surface area contributed by atoms with Crippen molar-refractivity contribution >= 4 is 23.0 Å². The number of aromatic nitrogens is 2. The Labute approximate surface area is 160 Å². The molecule has 7 nitrogen and oxygen atoms in total. The number of nitrogens with zero attached hydrogens (tertiary/aromatic N) is 1. The molecule has 0 unspecified atom stereocenters. The summed E-state index contributed by atoms with van der Waals surface area (Å²) in [5.41, 5.74) is 1.47. The van der Waals surface area contributed by atoms with Gasteiger partial charge in [0.25, 0.3) is 0 Å². The van der Waals surface area contributed by atoms with E-state index in [1.54, 1.807) is 0 Å². The summed E-state index contributed by atoms with van der Waals surface area (Å²) >= 11 is 0. The number of carbonyl (C=O) groups is 2. The van der Waals surface area contributed by atoms with E-state index < -0.39 is 11.7 Å². The van der Waals surface area contributed by atoms with Crippen molar-refractivity contribution in [3.05, 3.63) is 30.1 Å². The number of hydrogen-bond donors (Lipinski definition) is 3. The lowest BCUT2D eigenvalue weighted by atomic mass is 10.2. The lowest BCUT2D eigenvalue weighted by Gasteiger charge is -2.19. The third-order valence-corrected chi connectivity index (χ3v) is 3.87. The Morgan fingerprint density at radius 1 is 1.07 bits per heavy atom. The minimum Gasteiger partial charge on any atom is -0.444 e. The molecule has 0 bridgehead atoms. The molecule has 27 heavy (non-hydrogen) atoms. The van der Waals surface area contributed by atoms with Gasteiger partial charge in [0.05, 0.1) is 11.0 Å². The summed E-state index contributed by atoms with van der Waals surface area (Å²) in [6.45, 7) is 6.62. The fourth-order valence-corrected chi connectivity index (χ4v) is 2.62. The normalized spacial score (nSPS) is 11.4. The minimum absolute atomic E-state index is 0.0474. The predicted molar refractivity (Wildman–Crippen MR) is 106 cm³/mol. The van der Waals surface area contributed by atoms with E-state index in [9.17, 15) is 9.59 Å². The molecule has 0 atom stereocenters. The van der Waals surface area contributed by atoms with Gasteiger partial charge in [-0.1, -0.05) is 18.6 Å². The van der Waals surface area contributed by atoms with Crippen LogP contribution in [0.4, 0.5) is 4.79 Å². The van der Waals surface area contributed by atoms with Crippen LogP contribution in [-0.2, 0) is 16.0 Å². The highest BCUT2D eigenvalue weighted by molar-refractivity contribution is 5.76. The Morgan fingerprint density at radius 3 is 2.59 bits per heavy atom. The molecular formula is C20H30N4O3. The lowest BCUT2D eigenvalue weighted by Crippen LogP contribution is -2.33.